The molecule has 2 N–H and O–H groups in total. The quantitative estimate of drug-likeness (QED) is 0.731. The smallest absolute Gasteiger partial charge is 0.321 e. The van der Waals surface area contributed by atoms with Gasteiger partial charge in [0, 0.05) is 10.5 Å². The maximum absolute atomic E-state index is 12.0. The molecule has 128 valence electrons. The lowest BCUT2D eigenvalue weighted by molar-refractivity contribution is -0.119. The van der Waals surface area contributed by atoms with Gasteiger partial charge in [0.25, 0.3) is 5.22 Å². The number of nitrogens with zero attached hydrogens (tertiary/aromatic N) is 2. The van der Waals surface area contributed by atoms with Crippen molar-refractivity contribution in [2.45, 2.75) is 37.3 Å². The molecule has 1 aromatic carbocycles. The van der Waals surface area contributed by atoms with Gasteiger partial charge in [-0.2, -0.15) is 0 Å². The maximum Gasteiger partial charge on any atom is 0.321 e. The Balaban J connectivity index is 1.98. The number of urea groups is 1. The van der Waals surface area contributed by atoms with Crippen molar-refractivity contribution in [2.75, 3.05) is 0 Å². The maximum atomic E-state index is 12.0. The van der Waals surface area contributed by atoms with E-state index in [-0.39, 0.29) is 11.3 Å². The molecule has 0 saturated carbocycles. The van der Waals surface area contributed by atoms with Crippen molar-refractivity contribution in [3.8, 4) is 11.5 Å². The monoisotopic (exact) mass is 412 g/mol. The summed E-state index contributed by atoms with van der Waals surface area (Å²) in [6.45, 7) is 5.28. The number of rotatable bonds is 5. The van der Waals surface area contributed by atoms with E-state index in [1.807, 2.05) is 38.1 Å². The first-order valence-corrected chi connectivity index (χ1v) is 8.90. The Bertz CT molecular complexity index is 735. The Hall–Kier alpha value is -1.87. The molecule has 1 heterocycles. The topological polar surface area (TPSA) is 97.1 Å². The van der Waals surface area contributed by atoms with Gasteiger partial charge < -0.3 is 9.73 Å². The first-order chi connectivity index (χ1) is 11.4. The van der Waals surface area contributed by atoms with Gasteiger partial charge >= 0.3 is 6.03 Å². The van der Waals surface area contributed by atoms with Gasteiger partial charge in [-0.1, -0.05) is 23.9 Å². The molecule has 0 aliphatic rings. The molecule has 0 aliphatic heterocycles. The Morgan fingerprint density at radius 1 is 1.21 bits per heavy atom. The summed E-state index contributed by atoms with van der Waals surface area (Å²) in [6.07, 6.45) is 0. The third-order valence-electron chi connectivity index (χ3n) is 2.81. The summed E-state index contributed by atoms with van der Waals surface area (Å²) >= 11 is 4.51. The van der Waals surface area contributed by atoms with Crippen LogP contribution in [0.1, 0.15) is 20.8 Å². The van der Waals surface area contributed by atoms with Gasteiger partial charge in [-0.05, 0) is 48.8 Å². The fourth-order valence-electron chi connectivity index (χ4n) is 1.72. The molecular formula is C15H17BrN4O3S. The van der Waals surface area contributed by atoms with E-state index in [0.717, 1.165) is 21.8 Å². The van der Waals surface area contributed by atoms with Crippen molar-refractivity contribution in [3.05, 3.63) is 28.7 Å². The summed E-state index contributed by atoms with van der Waals surface area (Å²) in [4.78, 5) is 23.5. The van der Waals surface area contributed by atoms with E-state index in [0.29, 0.717) is 5.89 Å². The van der Waals surface area contributed by atoms with Crippen LogP contribution in [0.5, 0.6) is 0 Å². The number of amides is 3. The van der Waals surface area contributed by atoms with E-state index in [1.165, 1.54) is 0 Å². The van der Waals surface area contributed by atoms with Crippen LogP contribution in [0.3, 0.4) is 0 Å². The number of aromatic nitrogens is 2. The van der Waals surface area contributed by atoms with Gasteiger partial charge in [-0.25, -0.2) is 4.79 Å². The SMILES string of the molecule is CC(C)NC(=O)NC(=O)[C@H](C)Sc1nnc(-c2ccccc2Br)o1. The number of carbonyl (C=O) groups excluding carboxylic acids is 2. The van der Waals surface area contributed by atoms with Crippen LogP contribution in [0.2, 0.25) is 0 Å². The highest BCUT2D eigenvalue weighted by Gasteiger charge is 2.21. The molecule has 0 spiro atoms. The summed E-state index contributed by atoms with van der Waals surface area (Å²) in [5.41, 5.74) is 0.769. The van der Waals surface area contributed by atoms with E-state index >= 15 is 0 Å². The zero-order chi connectivity index (χ0) is 17.7. The summed E-state index contributed by atoms with van der Waals surface area (Å²) in [5.74, 6) is -0.0751. The normalized spacial score (nSPS) is 12.0. The van der Waals surface area contributed by atoms with Crippen molar-refractivity contribution in [2.24, 2.45) is 0 Å². The molecule has 1 aromatic heterocycles. The molecule has 3 amide bonds. The van der Waals surface area contributed by atoms with E-state index in [2.05, 4.69) is 36.8 Å². The molecule has 24 heavy (non-hydrogen) atoms. The fraction of sp³-hybridized carbons (Fsp3) is 0.333. The van der Waals surface area contributed by atoms with Crippen LogP contribution in [-0.2, 0) is 4.79 Å². The highest BCUT2D eigenvalue weighted by atomic mass is 79.9. The molecule has 0 bridgehead atoms. The Labute approximate surface area is 152 Å². The first-order valence-electron chi connectivity index (χ1n) is 7.23. The lowest BCUT2D eigenvalue weighted by atomic mass is 10.2. The third kappa shape index (κ3) is 5.07. The molecule has 0 unspecified atom stereocenters. The molecule has 9 heteroatoms. The van der Waals surface area contributed by atoms with Gasteiger partial charge in [0.05, 0.1) is 10.8 Å². The Morgan fingerprint density at radius 2 is 1.92 bits per heavy atom. The third-order valence-corrected chi connectivity index (χ3v) is 4.44. The van der Waals surface area contributed by atoms with Crippen LogP contribution >= 0.6 is 27.7 Å². The lowest BCUT2D eigenvalue weighted by Crippen LogP contribution is -2.45. The van der Waals surface area contributed by atoms with Crippen molar-refractivity contribution in [1.82, 2.24) is 20.8 Å². The molecule has 0 radical (unpaired) electrons. The molecule has 2 rings (SSSR count). The summed E-state index contributed by atoms with van der Waals surface area (Å²) in [7, 11) is 0. The summed E-state index contributed by atoms with van der Waals surface area (Å²) in [5, 5.41) is 12.5. The largest absolute Gasteiger partial charge is 0.411 e. The minimum atomic E-state index is -0.560. The van der Waals surface area contributed by atoms with Crippen LogP contribution in [0, 0.1) is 0 Å². The first kappa shape index (κ1) is 18.5. The molecule has 7 nitrogen and oxygen atoms in total. The highest BCUT2D eigenvalue weighted by molar-refractivity contribution is 9.10. The Morgan fingerprint density at radius 3 is 2.58 bits per heavy atom. The van der Waals surface area contributed by atoms with E-state index in [9.17, 15) is 9.59 Å². The standard InChI is InChI=1S/C15H17BrN4O3S/c1-8(2)17-14(22)18-12(21)9(3)24-15-20-19-13(23-15)10-6-4-5-7-11(10)16/h4-9H,1-3H3,(H2,17,18,21,22)/t9-/m0/s1. The number of carbonyl (C=O) groups is 2. The molecule has 2 aromatic rings. The summed E-state index contributed by atoms with van der Waals surface area (Å²) in [6, 6.07) is 6.88. The van der Waals surface area contributed by atoms with Crippen LogP contribution in [0.25, 0.3) is 11.5 Å². The van der Waals surface area contributed by atoms with Crippen LogP contribution < -0.4 is 10.6 Å². The minimum Gasteiger partial charge on any atom is -0.411 e. The lowest BCUT2D eigenvalue weighted by Gasteiger charge is -2.11. The molecule has 0 aliphatic carbocycles. The number of imide groups is 1. The van der Waals surface area contributed by atoms with Crippen LogP contribution in [-0.4, -0.2) is 33.4 Å². The van der Waals surface area contributed by atoms with E-state index in [4.69, 9.17) is 4.42 Å². The van der Waals surface area contributed by atoms with Gasteiger partial charge in [-0.15, -0.1) is 10.2 Å². The van der Waals surface area contributed by atoms with Crippen LogP contribution in [0.4, 0.5) is 4.79 Å². The number of hydrogen-bond acceptors (Lipinski definition) is 6. The Kier molecular flexibility index (Phi) is 6.38. The average molecular weight is 413 g/mol. The number of benzene rings is 1. The van der Waals surface area contributed by atoms with E-state index < -0.39 is 17.2 Å². The van der Waals surface area contributed by atoms with Crippen molar-refractivity contribution >= 4 is 39.6 Å². The average Bonchev–Trinajstić information content (AvgIpc) is 2.94. The van der Waals surface area contributed by atoms with Gasteiger partial charge in [0.2, 0.25) is 11.8 Å². The second kappa shape index (κ2) is 8.29. The zero-order valence-corrected chi connectivity index (χ0v) is 15.8. The van der Waals surface area contributed by atoms with Crippen molar-refractivity contribution in [1.29, 1.82) is 0 Å². The molecule has 1 atom stereocenters. The number of nitrogens with one attached hydrogen (secondary N) is 2. The molecular weight excluding hydrogens is 396 g/mol. The molecule has 0 fully saturated rings. The molecule has 0 saturated heterocycles. The van der Waals surface area contributed by atoms with Crippen molar-refractivity contribution in [3.63, 3.8) is 0 Å². The van der Waals surface area contributed by atoms with Crippen molar-refractivity contribution < 1.29 is 14.0 Å². The second-order valence-corrected chi connectivity index (χ2v) is 7.38. The van der Waals surface area contributed by atoms with Gasteiger partial charge in [0.1, 0.15) is 0 Å². The van der Waals surface area contributed by atoms with E-state index in [1.54, 1.807) is 6.92 Å². The van der Waals surface area contributed by atoms with Gasteiger partial charge in [0.15, 0.2) is 0 Å². The predicted octanol–water partition coefficient (Wildman–Crippen LogP) is 3.21. The number of halogens is 1. The minimum absolute atomic E-state index is 0.0522. The predicted molar refractivity (Wildman–Crippen MR) is 94.6 cm³/mol. The highest BCUT2D eigenvalue weighted by Crippen LogP contribution is 2.30. The number of hydrogen-bond donors (Lipinski definition) is 2. The second-order valence-electron chi connectivity index (χ2n) is 5.23. The zero-order valence-electron chi connectivity index (χ0n) is 13.4. The fourth-order valence-corrected chi connectivity index (χ4v) is 2.86. The van der Waals surface area contributed by atoms with Crippen LogP contribution in [0.15, 0.2) is 38.4 Å². The summed E-state index contributed by atoms with van der Waals surface area (Å²) < 4.78 is 6.41. The van der Waals surface area contributed by atoms with Gasteiger partial charge in [-0.3, -0.25) is 10.1 Å². The number of thioether (sulfide) groups is 1.